The van der Waals surface area contributed by atoms with E-state index in [0.717, 1.165) is 50.7 Å². The molecule has 130 valence electrons. The Morgan fingerprint density at radius 3 is 2.78 bits per heavy atom. The molecule has 23 heavy (non-hydrogen) atoms. The van der Waals surface area contributed by atoms with E-state index in [-0.39, 0.29) is 0 Å². The van der Waals surface area contributed by atoms with Crippen molar-refractivity contribution in [1.29, 1.82) is 0 Å². The topological polar surface area (TPSA) is 52.8 Å². The van der Waals surface area contributed by atoms with Crippen molar-refractivity contribution >= 4 is 5.96 Å². The lowest BCUT2D eigenvalue weighted by Gasteiger charge is -2.26. The van der Waals surface area contributed by atoms with Crippen LogP contribution in [0.3, 0.4) is 0 Å². The highest BCUT2D eigenvalue weighted by Crippen LogP contribution is 2.07. The Morgan fingerprint density at radius 1 is 1.22 bits per heavy atom. The number of unbranched alkanes of at least 4 members (excludes halogenated alkanes) is 1. The lowest BCUT2D eigenvalue weighted by Crippen LogP contribution is -2.43. The molecule has 0 atom stereocenters. The number of hydrogen-bond donors (Lipinski definition) is 2. The van der Waals surface area contributed by atoms with Gasteiger partial charge in [-0.15, -0.1) is 0 Å². The summed E-state index contributed by atoms with van der Waals surface area (Å²) in [7, 11) is 0. The van der Waals surface area contributed by atoms with Crippen LogP contribution in [0.4, 0.5) is 0 Å². The number of guanidine groups is 1. The van der Waals surface area contributed by atoms with Crippen molar-refractivity contribution in [3.8, 4) is 0 Å². The zero-order chi connectivity index (χ0) is 16.2. The normalized spacial score (nSPS) is 16.5. The third-order valence-corrected chi connectivity index (χ3v) is 4.19. The molecule has 0 amide bonds. The molecule has 0 bridgehead atoms. The number of nitrogens with one attached hydrogen (secondary N) is 2. The van der Waals surface area contributed by atoms with Crippen LogP contribution >= 0.6 is 0 Å². The van der Waals surface area contributed by atoms with E-state index in [1.165, 1.54) is 38.8 Å². The molecule has 1 aliphatic heterocycles. The van der Waals surface area contributed by atoms with E-state index >= 15 is 0 Å². The fraction of sp³-hybridized carbons (Fsp3) is 0.722. The van der Waals surface area contributed by atoms with Crippen molar-refractivity contribution in [2.45, 2.75) is 45.4 Å². The summed E-state index contributed by atoms with van der Waals surface area (Å²) >= 11 is 0. The molecule has 1 saturated heterocycles. The Labute approximate surface area is 140 Å². The second kappa shape index (κ2) is 11.1. The van der Waals surface area contributed by atoms with Crippen LogP contribution in [-0.2, 0) is 6.42 Å². The lowest BCUT2D eigenvalue weighted by atomic mass is 10.1. The predicted molar refractivity (Wildman–Crippen MR) is 95.9 cm³/mol. The summed E-state index contributed by atoms with van der Waals surface area (Å²) < 4.78 is 5.37. The van der Waals surface area contributed by atoms with Gasteiger partial charge in [0.15, 0.2) is 5.96 Å². The minimum Gasteiger partial charge on any atom is -0.469 e. The molecule has 1 aromatic rings. The summed E-state index contributed by atoms with van der Waals surface area (Å²) in [5.74, 6) is 1.95. The van der Waals surface area contributed by atoms with E-state index in [0.29, 0.717) is 0 Å². The van der Waals surface area contributed by atoms with E-state index in [9.17, 15) is 0 Å². The van der Waals surface area contributed by atoms with Gasteiger partial charge in [-0.2, -0.15) is 0 Å². The largest absolute Gasteiger partial charge is 0.469 e. The third-order valence-electron chi connectivity index (χ3n) is 4.19. The second-order valence-corrected chi connectivity index (χ2v) is 6.17. The van der Waals surface area contributed by atoms with Crippen molar-refractivity contribution < 1.29 is 4.42 Å². The van der Waals surface area contributed by atoms with Crippen molar-refractivity contribution in [2.75, 3.05) is 39.3 Å². The van der Waals surface area contributed by atoms with Gasteiger partial charge in [-0.1, -0.05) is 19.8 Å². The smallest absolute Gasteiger partial charge is 0.191 e. The van der Waals surface area contributed by atoms with E-state index in [1.54, 1.807) is 6.26 Å². The van der Waals surface area contributed by atoms with Crippen molar-refractivity contribution in [1.82, 2.24) is 15.5 Å². The van der Waals surface area contributed by atoms with Gasteiger partial charge in [-0.3, -0.25) is 4.99 Å². The van der Waals surface area contributed by atoms with Gasteiger partial charge in [0, 0.05) is 32.6 Å². The number of furan rings is 1. The molecule has 2 N–H and O–H groups in total. The number of rotatable bonds is 9. The highest BCUT2D eigenvalue weighted by Gasteiger charge is 2.09. The number of hydrogen-bond acceptors (Lipinski definition) is 3. The molecule has 1 fully saturated rings. The second-order valence-electron chi connectivity index (χ2n) is 6.17. The van der Waals surface area contributed by atoms with Gasteiger partial charge in [0.2, 0.25) is 0 Å². The summed E-state index contributed by atoms with van der Waals surface area (Å²) in [6, 6.07) is 3.95. The SMILES string of the molecule is CCCCN=C(NCCc1ccco1)NCCN1CCCCC1. The summed E-state index contributed by atoms with van der Waals surface area (Å²) in [6.45, 7) is 8.48. The summed E-state index contributed by atoms with van der Waals surface area (Å²) in [6.07, 6.45) is 9.00. The molecule has 0 unspecified atom stereocenters. The van der Waals surface area contributed by atoms with Crippen LogP contribution < -0.4 is 10.6 Å². The first-order valence-corrected chi connectivity index (χ1v) is 9.15. The zero-order valence-corrected chi connectivity index (χ0v) is 14.5. The van der Waals surface area contributed by atoms with E-state index in [1.807, 2.05) is 12.1 Å². The Hall–Kier alpha value is -1.49. The maximum absolute atomic E-state index is 5.37. The maximum atomic E-state index is 5.37. The Balaban J connectivity index is 1.68. The number of aliphatic imine (C=N–C) groups is 1. The molecule has 0 radical (unpaired) electrons. The first kappa shape index (κ1) is 17.9. The summed E-state index contributed by atoms with van der Waals surface area (Å²) in [5.41, 5.74) is 0. The molecule has 0 aliphatic carbocycles. The standard InChI is InChI=1S/C18H32N4O/c1-2-3-10-19-18(20-11-9-17-8-7-16-23-17)21-12-15-22-13-5-4-6-14-22/h7-8,16H,2-6,9-15H2,1H3,(H2,19,20,21). The predicted octanol–water partition coefficient (Wildman–Crippen LogP) is 2.64. The van der Waals surface area contributed by atoms with Gasteiger partial charge in [-0.05, 0) is 44.5 Å². The van der Waals surface area contributed by atoms with E-state index in [2.05, 4.69) is 27.4 Å². The Kier molecular flexibility index (Phi) is 8.62. The van der Waals surface area contributed by atoms with E-state index in [4.69, 9.17) is 4.42 Å². The van der Waals surface area contributed by atoms with Gasteiger partial charge < -0.3 is 20.0 Å². The molecular weight excluding hydrogens is 288 g/mol. The Morgan fingerprint density at radius 2 is 2.04 bits per heavy atom. The summed E-state index contributed by atoms with van der Waals surface area (Å²) in [4.78, 5) is 7.20. The minimum atomic E-state index is 0.842. The van der Waals surface area contributed by atoms with Gasteiger partial charge in [0.25, 0.3) is 0 Å². The highest BCUT2D eigenvalue weighted by atomic mass is 16.3. The lowest BCUT2D eigenvalue weighted by molar-refractivity contribution is 0.232. The quantitative estimate of drug-likeness (QED) is 0.417. The minimum absolute atomic E-state index is 0.842. The molecule has 2 rings (SSSR count). The number of nitrogens with zero attached hydrogens (tertiary/aromatic N) is 2. The van der Waals surface area contributed by atoms with Crippen LogP contribution in [0, 0.1) is 0 Å². The van der Waals surface area contributed by atoms with Crippen LogP contribution in [0.15, 0.2) is 27.8 Å². The molecule has 0 aromatic carbocycles. The molecule has 0 spiro atoms. The monoisotopic (exact) mass is 320 g/mol. The van der Waals surface area contributed by atoms with Crippen LogP contribution in [0.5, 0.6) is 0 Å². The first-order chi connectivity index (χ1) is 11.4. The first-order valence-electron chi connectivity index (χ1n) is 9.15. The van der Waals surface area contributed by atoms with Gasteiger partial charge >= 0.3 is 0 Å². The van der Waals surface area contributed by atoms with E-state index < -0.39 is 0 Å². The van der Waals surface area contributed by atoms with Crippen LogP contribution in [0.2, 0.25) is 0 Å². The number of piperidine rings is 1. The molecule has 1 aromatic heterocycles. The van der Waals surface area contributed by atoms with Crippen molar-refractivity contribution in [3.05, 3.63) is 24.2 Å². The van der Waals surface area contributed by atoms with Crippen molar-refractivity contribution in [3.63, 3.8) is 0 Å². The molecule has 2 heterocycles. The number of likely N-dealkylation sites (tertiary alicyclic amines) is 1. The molecule has 0 saturated carbocycles. The van der Waals surface area contributed by atoms with Crippen molar-refractivity contribution in [2.24, 2.45) is 4.99 Å². The summed E-state index contributed by atoms with van der Waals surface area (Å²) in [5, 5.41) is 6.89. The highest BCUT2D eigenvalue weighted by molar-refractivity contribution is 5.79. The average Bonchev–Trinajstić information content (AvgIpc) is 3.09. The molecule has 1 aliphatic rings. The molecule has 5 nitrogen and oxygen atoms in total. The average molecular weight is 320 g/mol. The van der Waals surface area contributed by atoms with Crippen LogP contribution in [0.1, 0.15) is 44.8 Å². The van der Waals surface area contributed by atoms with Gasteiger partial charge in [0.1, 0.15) is 5.76 Å². The van der Waals surface area contributed by atoms with Gasteiger partial charge in [0.05, 0.1) is 6.26 Å². The fourth-order valence-corrected chi connectivity index (χ4v) is 2.80. The third kappa shape index (κ3) is 7.55. The molecular formula is C18H32N4O. The molecule has 5 heteroatoms. The fourth-order valence-electron chi connectivity index (χ4n) is 2.80. The Bertz CT molecular complexity index is 424. The van der Waals surface area contributed by atoms with Crippen LogP contribution in [-0.4, -0.2) is 50.1 Å². The van der Waals surface area contributed by atoms with Gasteiger partial charge in [-0.25, -0.2) is 0 Å². The van der Waals surface area contributed by atoms with Crippen LogP contribution in [0.25, 0.3) is 0 Å². The zero-order valence-electron chi connectivity index (χ0n) is 14.5. The maximum Gasteiger partial charge on any atom is 0.191 e.